The number of thiophene rings is 1. The number of anilines is 1. The molecule has 0 saturated carbocycles. The standard InChI is InChI=1S/C25H26F3N5O3S/c1-16-20-22(29-15-33(23(20)35)13-19(34)32-8-2-7-25(27,28)14-32)37-21(16)24(36)31-11-9-30(10-12-31)18-5-3-17(26)4-6-18/h3-6,15H,2,7-14H2,1H3. The molecular formula is C25H26F3N5O3S. The largest absolute Gasteiger partial charge is 0.368 e. The predicted molar refractivity (Wildman–Crippen MR) is 134 cm³/mol. The van der Waals surface area contributed by atoms with Crippen molar-refractivity contribution in [3.05, 3.63) is 57.2 Å². The van der Waals surface area contributed by atoms with Gasteiger partial charge >= 0.3 is 0 Å². The number of fused-ring (bicyclic) bond motifs is 1. The third kappa shape index (κ3) is 5.07. The van der Waals surface area contributed by atoms with Crippen molar-refractivity contribution in [1.82, 2.24) is 19.4 Å². The van der Waals surface area contributed by atoms with Crippen molar-refractivity contribution in [2.75, 3.05) is 44.2 Å². The topological polar surface area (TPSA) is 78.8 Å². The minimum Gasteiger partial charge on any atom is -0.368 e. The van der Waals surface area contributed by atoms with Gasteiger partial charge in [0.2, 0.25) is 5.91 Å². The zero-order valence-electron chi connectivity index (χ0n) is 20.3. The van der Waals surface area contributed by atoms with E-state index in [0.717, 1.165) is 26.5 Å². The van der Waals surface area contributed by atoms with Crippen LogP contribution in [0.4, 0.5) is 18.9 Å². The summed E-state index contributed by atoms with van der Waals surface area (Å²) < 4.78 is 41.8. The molecule has 1 aromatic carbocycles. The SMILES string of the molecule is Cc1c(C(=O)N2CCN(c3ccc(F)cc3)CC2)sc2ncn(CC(=O)N3CCCC(F)(F)C3)c(=O)c12. The molecule has 2 fully saturated rings. The van der Waals surface area contributed by atoms with Gasteiger partial charge in [0.25, 0.3) is 17.4 Å². The molecule has 4 heterocycles. The molecule has 0 N–H and O–H groups in total. The van der Waals surface area contributed by atoms with Crippen LogP contribution in [0.15, 0.2) is 35.4 Å². The van der Waals surface area contributed by atoms with Gasteiger partial charge in [-0.05, 0) is 43.2 Å². The van der Waals surface area contributed by atoms with Gasteiger partial charge in [-0.3, -0.25) is 19.0 Å². The van der Waals surface area contributed by atoms with Gasteiger partial charge in [-0.15, -0.1) is 11.3 Å². The second-order valence-electron chi connectivity index (χ2n) is 9.44. The molecule has 0 unspecified atom stereocenters. The highest BCUT2D eigenvalue weighted by molar-refractivity contribution is 7.20. The van der Waals surface area contributed by atoms with Crippen LogP contribution >= 0.6 is 11.3 Å². The van der Waals surface area contributed by atoms with Crippen LogP contribution in [0.1, 0.15) is 28.1 Å². The van der Waals surface area contributed by atoms with Crippen molar-refractivity contribution in [3.8, 4) is 0 Å². The second kappa shape index (κ2) is 9.81. The summed E-state index contributed by atoms with van der Waals surface area (Å²) in [6.07, 6.45) is 1.19. The molecule has 2 aliphatic rings. The summed E-state index contributed by atoms with van der Waals surface area (Å²) in [4.78, 5) is 49.1. The number of carbonyl (C=O) groups excluding carboxylic acids is 2. The molecule has 2 amide bonds. The van der Waals surface area contributed by atoms with Gasteiger partial charge in [0.1, 0.15) is 17.2 Å². The summed E-state index contributed by atoms with van der Waals surface area (Å²) in [7, 11) is 0. The fourth-order valence-corrected chi connectivity index (χ4v) is 5.97. The number of aryl methyl sites for hydroxylation is 1. The average Bonchev–Trinajstić information content (AvgIpc) is 3.22. The van der Waals surface area contributed by atoms with Crippen molar-refractivity contribution < 1.29 is 22.8 Å². The van der Waals surface area contributed by atoms with Gasteiger partial charge in [-0.25, -0.2) is 18.2 Å². The second-order valence-corrected chi connectivity index (χ2v) is 10.4. The maximum atomic E-state index is 13.7. The number of halogens is 3. The number of alkyl halides is 2. The highest BCUT2D eigenvalue weighted by Gasteiger charge is 2.37. The zero-order valence-corrected chi connectivity index (χ0v) is 21.1. The Morgan fingerprint density at radius 2 is 1.76 bits per heavy atom. The maximum Gasteiger partial charge on any atom is 0.265 e. The van der Waals surface area contributed by atoms with E-state index in [1.807, 2.05) is 0 Å². The van der Waals surface area contributed by atoms with Gasteiger partial charge in [0.15, 0.2) is 0 Å². The highest BCUT2D eigenvalue weighted by atomic mass is 32.1. The van der Waals surface area contributed by atoms with Gasteiger partial charge < -0.3 is 14.7 Å². The summed E-state index contributed by atoms with van der Waals surface area (Å²) in [5.41, 5.74) is 0.907. The first kappa shape index (κ1) is 25.2. The number of piperidine rings is 1. The highest BCUT2D eigenvalue weighted by Crippen LogP contribution is 2.29. The van der Waals surface area contributed by atoms with Gasteiger partial charge in [0, 0.05) is 44.8 Å². The van der Waals surface area contributed by atoms with Crippen molar-refractivity contribution in [1.29, 1.82) is 0 Å². The van der Waals surface area contributed by atoms with Crippen LogP contribution in [0.2, 0.25) is 0 Å². The Morgan fingerprint density at radius 3 is 2.43 bits per heavy atom. The monoisotopic (exact) mass is 533 g/mol. The first-order valence-electron chi connectivity index (χ1n) is 12.1. The third-order valence-corrected chi connectivity index (χ3v) is 8.11. The van der Waals surface area contributed by atoms with Crippen LogP contribution in [0.3, 0.4) is 0 Å². The van der Waals surface area contributed by atoms with Crippen LogP contribution in [-0.2, 0) is 11.3 Å². The van der Waals surface area contributed by atoms with Gasteiger partial charge in [-0.2, -0.15) is 0 Å². The molecule has 2 aliphatic heterocycles. The molecule has 8 nitrogen and oxygen atoms in total. The molecule has 0 spiro atoms. The molecule has 12 heteroatoms. The molecule has 196 valence electrons. The molecule has 37 heavy (non-hydrogen) atoms. The number of carbonyl (C=O) groups is 2. The lowest BCUT2D eigenvalue weighted by molar-refractivity contribution is -0.142. The van der Waals surface area contributed by atoms with E-state index in [1.165, 1.54) is 18.5 Å². The number of amides is 2. The molecule has 2 saturated heterocycles. The van der Waals surface area contributed by atoms with Crippen molar-refractivity contribution in [2.45, 2.75) is 32.2 Å². The fourth-order valence-electron chi connectivity index (χ4n) is 4.86. The van der Waals surface area contributed by atoms with Crippen molar-refractivity contribution in [2.24, 2.45) is 0 Å². The molecule has 0 atom stereocenters. The number of piperazine rings is 1. The van der Waals surface area contributed by atoms with Crippen LogP contribution in [0, 0.1) is 12.7 Å². The minimum absolute atomic E-state index is 0.197. The van der Waals surface area contributed by atoms with Crippen molar-refractivity contribution >= 4 is 39.1 Å². The molecule has 0 radical (unpaired) electrons. The zero-order chi connectivity index (χ0) is 26.3. The number of likely N-dealkylation sites (tertiary alicyclic amines) is 1. The van der Waals surface area contributed by atoms with Gasteiger partial charge in [0.05, 0.1) is 23.1 Å². The van der Waals surface area contributed by atoms with E-state index >= 15 is 0 Å². The third-order valence-electron chi connectivity index (χ3n) is 6.92. The summed E-state index contributed by atoms with van der Waals surface area (Å²) in [6.45, 7) is 2.98. The first-order chi connectivity index (χ1) is 17.6. The molecule has 0 aliphatic carbocycles. The van der Waals surface area contributed by atoms with Crippen LogP contribution in [0.25, 0.3) is 10.2 Å². The first-order valence-corrected chi connectivity index (χ1v) is 12.9. The number of rotatable bonds is 4. The summed E-state index contributed by atoms with van der Waals surface area (Å²) in [5, 5.41) is 0.262. The Labute approximate surface area is 214 Å². The Morgan fingerprint density at radius 1 is 1.05 bits per heavy atom. The molecular weight excluding hydrogens is 507 g/mol. The van der Waals surface area contributed by atoms with E-state index in [4.69, 9.17) is 0 Å². The summed E-state index contributed by atoms with van der Waals surface area (Å²) in [5.74, 6) is -3.99. The lowest BCUT2D eigenvalue weighted by Gasteiger charge is -2.36. The van der Waals surface area contributed by atoms with E-state index in [-0.39, 0.29) is 43.0 Å². The lowest BCUT2D eigenvalue weighted by Crippen LogP contribution is -2.48. The van der Waals surface area contributed by atoms with Crippen LogP contribution in [-0.4, -0.2) is 76.4 Å². The van der Waals surface area contributed by atoms with Crippen molar-refractivity contribution in [3.63, 3.8) is 0 Å². The number of nitrogens with zero attached hydrogens (tertiary/aromatic N) is 5. The number of hydrogen-bond acceptors (Lipinski definition) is 6. The van der Waals surface area contributed by atoms with E-state index in [2.05, 4.69) is 9.88 Å². The number of hydrogen-bond donors (Lipinski definition) is 0. The smallest absolute Gasteiger partial charge is 0.265 e. The molecule has 0 bridgehead atoms. The summed E-state index contributed by atoms with van der Waals surface area (Å²) >= 11 is 1.13. The quantitative estimate of drug-likeness (QED) is 0.515. The Bertz CT molecular complexity index is 1400. The predicted octanol–water partition coefficient (Wildman–Crippen LogP) is 3.13. The average molecular weight is 534 g/mol. The van der Waals surface area contributed by atoms with Crippen LogP contribution in [0.5, 0.6) is 0 Å². The maximum absolute atomic E-state index is 13.7. The number of aromatic nitrogens is 2. The fraction of sp³-hybridized carbons (Fsp3) is 0.440. The van der Waals surface area contributed by atoms with E-state index in [9.17, 15) is 27.6 Å². The van der Waals surface area contributed by atoms with E-state index in [1.54, 1.807) is 24.0 Å². The van der Waals surface area contributed by atoms with E-state index < -0.39 is 23.9 Å². The summed E-state index contributed by atoms with van der Waals surface area (Å²) in [6, 6.07) is 6.23. The lowest BCUT2D eigenvalue weighted by atomic mass is 10.1. The molecule has 5 rings (SSSR count). The minimum atomic E-state index is -2.93. The Kier molecular flexibility index (Phi) is 6.69. The molecule has 3 aromatic rings. The van der Waals surface area contributed by atoms with Gasteiger partial charge in [-0.1, -0.05) is 0 Å². The normalized spacial score (nSPS) is 17.9. The molecule has 2 aromatic heterocycles. The Balaban J connectivity index is 1.31. The Hall–Kier alpha value is -3.41. The number of benzene rings is 1. The van der Waals surface area contributed by atoms with E-state index in [0.29, 0.717) is 41.5 Å². The van der Waals surface area contributed by atoms with Crippen LogP contribution < -0.4 is 10.5 Å².